The van der Waals surface area contributed by atoms with Crippen molar-refractivity contribution in [3.63, 3.8) is 0 Å². The predicted octanol–water partition coefficient (Wildman–Crippen LogP) is 3.17. The smallest absolute Gasteiger partial charge is 0.322 e. The van der Waals surface area contributed by atoms with Gasteiger partial charge in [-0.15, -0.1) is 49.6 Å². The molecule has 5 amide bonds. The molecule has 0 spiro atoms. The van der Waals surface area contributed by atoms with Gasteiger partial charge in [-0.2, -0.15) is 0 Å². The average molecular weight is 1050 g/mol. The van der Waals surface area contributed by atoms with Crippen molar-refractivity contribution < 1.29 is 43.3 Å². The number of carbonyl (C=O) groups excluding carboxylic acids is 5. The van der Waals surface area contributed by atoms with Crippen molar-refractivity contribution in [2.75, 3.05) is 46.4 Å². The van der Waals surface area contributed by atoms with E-state index in [0.29, 0.717) is 39.7 Å². The number of fused-ring (bicyclic) bond motifs is 5. The summed E-state index contributed by atoms with van der Waals surface area (Å²) in [5, 5.41) is 19.7. The lowest BCUT2D eigenvalue weighted by Crippen LogP contribution is -2.56. The Labute approximate surface area is 432 Å². The third-order valence-corrected chi connectivity index (χ3v) is 10.9. The minimum absolute atomic E-state index is 0. The van der Waals surface area contributed by atoms with Crippen LogP contribution in [0.1, 0.15) is 72.9 Å². The number of carboxylic acids is 1. The maximum atomic E-state index is 14.6. The number of amides is 5. The van der Waals surface area contributed by atoms with Crippen molar-refractivity contribution in [3.05, 3.63) is 94.8 Å². The quantitative estimate of drug-likeness (QED) is 0.0800. The number of rotatable bonds is 16. The Kier molecular flexibility index (Phi) is 25.0. The normalized spacial score (nSPS) is 15.8. The summed E-state index contributed by atoms with van der Waals surface area (Å²) in [5.41, 5.74) is 21.7. The summed E-state index contributed by atoms with van der Waals surface area (Å²) in [6.07, 6.45) is 1.29. The largest absolute Gasteiger partial charge is 0.492 e. The zero-order valence-corrected chi connectivity index (χ0v) is 43.0. The van der Waals surface area contributed by atoms with Crippen molar-refractivity contribution >= 4 is 85.1 Å². The number of nitrogens with one attached hydrogen (secondary N) is 4. The number of likely N-dealkylation sites (N-methyl/N-ethyl adjacent to an activating group) is 1. The summed E-state index contributed by atoms with van der Waals surface area (Å²) in [5.74, 6) is -3.84. The van der Waals surface area contributed by atoms with Crippen molar-refractivity contribution in [2.24, 2.45) is 17.2 Å². The fourth-order valence-corrected chi connectivity index (χ4v) is 7.35. The molecule has 1 aliphatic heterocycles. The van der Waals surface area contributed by atoms with Crippen LogP contribution in [0.4, 0.5) is 0 Å². The molecule has 5 rings (SSSR count). The molecule has 1 aliphatic rings. The standard InChI is InChI=1S/C47H60N10O9.4ClH/c1-26-34(24-51-41(53-26)29-8-11-31(12-9-29)47(3,4)5)43(61)55-35(15-16-48)46(64)57(6)40-30-10-14-38(66-20-18-50)33(23-30)32-21-28(7-13-37(32)65-19-17-49)22-36(44(62)52-25-39(58)59)56-42(60)27(2)54-45(40)63;;;;/h7-14,21,23-24,27,35-36,40H,15-20,22,25,48-50H2,1-6H3,(H,52,62)(H,54,63)(H,55,61)(H,56,60)(H,58,59);4*1H/t27-,35-,36-,40-;;;;/m0..../s1. The molecule has 0 radical (unpaired) electrons. The lowest BCUT2D eigenvalue weighted by Gasteiger charge is -2.32. The molecule has 3 aromatic carbocycles. The lowest BCUT2D eigenvalue weighted by atomic mass is 9.87. The second-order valence-corrected chi connectivity index (χ2v) is 16.9. The van der Waals surface area contributed by atoms with Crippen LogP contribution in [0.25, 0.3) is 22.5 Å². The number of aromatic nitrogens is 2. The van der Waals surface area contributed by atoms with Gasteiger partial charge in [-0.3, -0.25) is 28.8 Å². The van der Waals surface area contributed by atoms with Crippen LogP contribution in [0, 0.1) is 6.92 Å². The molecule has 4 bridgehead atoms. The number of aliphatic carboxylic acids is 1. The highest BCUT2D eigenvalue weighted by atomic mass is 35.5. The van der Waals surface area contributed by atoms with Gasteiger partial charge in [0.25, 0.3) is 5.91 Å². The van der Waals surface area contributed by atoms with Gasteiger partial charge in [0.2, 0.25) is 23.6 Å². The first kappa shape index (κ1) is 62.2. The number of hydrogen-bond acceptors (Lipinski definition) is 13. The van der Waals surface area contributed by atoms with Gasteiger partial charge in [-0.1, -0.05) is 57.2 Å². The van der Waals surface area contributed by atoms with E-state index < -0.39 is 66.2 Å². The minimum Gasteiger partial charge on any atom is -0.492 e. The fourth-order valence-electron chi connectivity index (χ4n) is 7.35. The van der Waals surface area contributed by atoms with E-state index in [1.54, 1.807) is 43.3 Å². The van der Waals surface area contributed by atoms with Crippen molar-refractivity contribution in [3.8, 4) is 34.0 Å². The van der Waals surface area contributed by atoms with E-state index in [2.05, 4.69) is 52.0 Å². The van der Waals surface area contributed by atoms with Crippen LogP contribution in [0.15, 0.2) is 66.9 Å². The number of carbonyl (C=O) groups is 6. The van der Waals surface area contributed by atoms with Crippen molar-refractivity contribution in [1.82, 2.24) is 36.1 Å². The van der Waals surface area contributed by atoms with Crippen molar-refractivity contribution in [2.45, 2.75) is 77.0 Å². The Balaban J connectivity index is 0.00000612. The van der Waals surface area contributed by atoms with Crippen LogP contribution >= 0.6 is 49.6 Å². The Morgan fingerprint density at radius 3 is 2.01 bits per heavy atom. The van der Waals surface area contributed by atoms with E-state index in [1.807, 2.05) is 24.3 Å². The molecule has 1 aromatic heterocycles. The van der Waals surface area contributed by atoms with E-state index >= 15 is 0 Å². The van der Waals surface area contributed by atoms with Gasteiger partial charge in [0.1, 0.15) is 55.4 Å². The zero-order valence-electron chi connectivity index (χ0n) is 39.7. The first-order chi connectivity index (χ1) is 31.4. The predicted molar refractivity (Wildman–Crippen MR) is 275 cm³/mol. The third kappa shape index (κ3) is 15.9. The zero-order chi connectivity index (χ0) is 48.3. The average Bonchev–Trinajstić information content (AvgIpc) is 3.28. The number of nitrogens with two attached hydrogens (primary N) is 3. The molecule has 0 saturated heterocycles. The number of aryl methyl sites for hydroxylation is 1. The van der Waals surface area contributed by atoms with Crippen LogP contribution in [-0.4, -0.2) is 120 Å². The summed E-state index contributed by atoms with van der Waals surface area (Å²) in [6.45, 7) is 9.27. The Hall–Kier alpha value is -5.80. The minimum atomic E-state index is -1.43. The van der Waals surface area contributed by atoms with Crippen LogP contribution in [0.3, 0.4) is 0 Å². The number of ether oxygens (including phenoxy) is 2. The van der Waals surface area contributed by atoms with Crippen LogP contribution in [0.2, 0.25) is 0 Å². The molecule has 0 saturated carbocycles. The monoisotopic (exact) mass is 1050 g/mol. The van der Waals surface area contributed by atoms with Gasteiger partial charge in [0.05, 0.1) is 11.3 Å². The number of benzene rings is 3. The highest BCUT2D eigenvalue weighted by Crippen LogP contribution is 2.40. The Morgan fingerprint density at radius 2 is 1.46 bits per heavy atom. The van der Waals surface area contributed by atoms with Crippen LogP contribution < -0.4 is 47.9 Å². The molecule has 19 nitrogen and oxygen atoms in total. The maximum Gasteiger partial charge on any atom is 0.322 e. The van der Waals surface area contributed by atoms with E-state index in [9.17, 15) is 33.9 Å². The molecule has 4 atom stereocenters. The highest BCUT2D eigenvalue weighted by molar-refractivity contribution is 6.00. The topological polar surface area (TPSA) is 296 Å². The molecule has 4 aromatic rings. The van der Waals surface area contributed by atoms with Crippen LogP contribution in [0.5, 0.6) is 11.5 Å². The van der Waals surface area contributed by atoms with Gasteiger partial charge in [-0.25, -0.2) is 9.97 Å². The van der Waals surface area contributed by atoms with Gasteiger partial charge >= 0.3 is 5.97 Å². The first-order valence-electron chi connectivity index (χ1n) is 21.6. The second-order valence-electron chi connectivity index (χ2n) is 16.9. The SMILES string of the molecule is Cc1nc(-c2ccc(C(C)(C)C)cc2)ncc1C(=O)N[C@@H](CCN)C(=O)N(C)[C@@H]1C(=O)N[C@@H](C)C(=O)N[C@H](C(=O)NCC(=O)O)Cc2ccc(OCCN)c(c2)-c2cc1ccc2OCCN.Cl.Cl.Cl.Cl. The second kappa shape index (κ2) is 28.1. The Bertz CT molecular complexity index is 2440. The van der Waals surface area contributed by atoms with Gasteiger partial charge in [0.15, 0.2) is 5.82 Å². The Morgan fingerprint density at radius 1 is 0.857 bits per heavy atom. The molecule has 0 aliphatic carbocycles. The molecule has 0 unspecified atom stereocenters. The maximum absolute atomic E-state index is 14.6. The molecular formula is C47H64Cl4N10O9. The number of carboxylic acid groups (broad SMARTS) is 1. The van der Waals surface area contributed by atoms with Gasteiger partial charge < -0.3 is 57.9 Å². The molecule has 384 valence electrons. The third-order valence-electron chi connectivity index (χ3n) is 10.9. The lowest BCUT2D eigenvalue weighted by molar-refractivity contribution is -0.141. The van der Waals surface area contributed by atoms with Crippen molar-refractivity contribution in [1.29, 1.82) is 0 Å². The molecule has 11 N–H and O–H groups in total. The summed E-state index contributed by atoms with van der Waals surface area (Å²) in [7, 11) is 1.39. The van der Waals surface area contributed by atoms with Gasteiger partial charge in [0, 0.05) is 49.4 Å². The first-order valence-corrected chi connectivity index (χ1v) is 21.6. The number of hydrogen-bond donors (Lipinski definition) is 8. The highest BCUT2D eigenvalue weighted by Gasteiger charge is 2.36. The molecular weight excluding hydrogens is 990 g/mol. The molecule has 0 fully saturated rings. The number of halogens is 4. The van der Waals surface area contributed by atoms with E-state index in [-0.39, 0.29) is 112 Å². The van der Waals surface area contributed by atoms with E-state index in [1.165, 1.54) is 20.2 Å². The molecule has 23 heteroatoms. The fraction of sp³-hybridized carbons (Fsp3) is 0.404. The summed E-state index contributed by atoms with van der Waals surface area (Å²) < 4.78 is 12.1. The van der Waals surface area contributed by atoms with Gasteiger partial charge in [-0.05, 0) is 73.2 Å². The molecule has 70 heavy (non-hydrogen) atoms. The summed E-state index contributed by atoms with van der Waals surface area (Å²) in [6, 6.07) is 12.6. The summed E-state index contributed by atoms with van der Waals surface area (Å²) in [4.78, 5) is 91.7. The molecule has 2 heterocycles. The van der Waals surface area contributed by atoms with Crippen LogP contribution in [-0.2, 0) is 35.8 Å². The number of nitrogens with zero attached hydrogens (tertiary/aromatic N) is 3. The van der Waals surface area contributed by atoms with E-state index in [4.69, 9.17) is 26.7 Å². The van der Waals surface area contributed by atoms with E-state index in [0.717, 1.165) is 16.0 Å². The summed E-state index contributed by atoms with van der Waals surface area (Å²) >= 11 is 0.